The molecule has 0 aliphatic carbocycles. The minimum Gasteiger partial charge on any atom is -0.395 e. The normalized spacial score (nSPS) is 12.8. The van der Waals surface area contributed by atoms with E-state index in [0.29, 0.717) is 5.56 Å². The van der Waals surface area contributed by atoms with Gasteiger partial charge in [0.15, 0.2) is 0 Å². The highest BCUT2D eigenvalue weighted by molar-refractivity contribution is 5.94. The van der Waals surface area contributed by atoms with E-state index in [4.69, 9.17) is 9.84 Å². The molecule has 3 N–H and O–H groups in total. The average molecular weight is 294 g/mol. The molecule has 0 saturated carbocycles. The van der Waals surface area contributed by atoms with Gasteiger partial charge in [0.1, 0.15) is 0 Å². The summed E-state index contributed by atoms with van der Waals surface area (Å²) in [6, 6.07) is 7.55. The fourth-order valence-electron chi connectivity index (χ4n) is 2.15. The minimum absolute atomic E-state index is 0.0574. The molecule has 1 amide bonds. The highest BCUT2D eigenvalue weighted by Crippen LogP contribution is 2.19. The number of aliphatic hydroxyl groups is 1. The number of rotatable bonds is 8. The molecule has 0 fully saturated rings. The van der Waals surface area contributed by atoms with Gasteiger partial charge in [0.25, 0.3) is 5.91 Å². The van der Waals surface area contributed by atoms with Crippen molar-refractivity contribution in [2.24, 2.45) is 0 Å². The van der Waals surface area contributed by atoms with E-state index in [0.717, 1.165) is 12.1 Å². The Labute approximate surface area is 126 Å². The maximum Gasteiger partial charge on any atom is 0.251 e. The van der Waals surface area contributed by atoms with E-state index in [1.54, 1.807) is 19.2 Å². The van der Waals surface area contributed by atoms with Crippen LogP contribution in [-0.2, 0) is 4.74 Å². The second-order valence-corrected chi connectivity index (χ2v) is 5.77. The third kappa shape index (κ3) is 6.14. The average Bonchev–Trinajstić information content (AvgIpc) is 2.45. The maximum atomic E-state index is 11.7. The summed E-state index contributed by atoms with van der Waals surface area (Å²) in [6.07, 6.45) is 0.877. The van der Waals surface area contributed by atoms with Crippen LogP contribution in [-0.4, -0.2) is 42.9 Å². The molecule has 1 aromatic rings. The van der Waals surface area contributed by atoms with Gasteiger partial charge in [0.2, 0.25) is 0 Å². The molecule has 118 valence electrons. The number of benzene rings is 1. The van der Waals surface area contributed by atoms with Gasteiger partial charge in [-0.05, 0) is 51.5 Å². The summed E-state index contributed by atoms with van der Waals surface area (Å²) in [7, 11) is 1.71. The molecule has 1 aromatic carbocycles. The molecular formula is C16H26N2O3. The van der Waals surface area contributed by atoms with Crippen molar-refractivity contribution in [3.63, 3.8) is 0 Å². The van der Waals surface area contributed by atoms with Crippen molar-refractivity contribution in [1.29, 1.82) is 0 Å². The predicted octanol–water partition coefficient (Wildman–Crippen LogP) is 2.02. The topological polar surface area (TPSA) is 70.6 Å². The van der Waals surface area contributed by atoms with Gasteiger partial charge in [-0.25, -0.2) is 0 Å². The molecule has 21 heavy (non-hydrogen) atoms. The van der Waals surface area contributed by atoms with Crippen molar-refractivity contribution >= 4 is 11.6 Å². The standard InChI is InChI=1S/C16H26N2O3/c1-12(11-16(2,3)21-4)18-14-7-5-13(6-8-14)15(20)17-9-10-19/h5-8,12,18-19H,9-11H2,1-4H3,(H,17,20). The lowest BCUT2D eigenvalue weighted by molar-refractivity contribution is 0.0128. The lowest BCUT2D eigenvalue weighted by Crippen LogP contribution is -2.31. The van der Waals surface area contributed by atoms with Gasteiger partial charge >= 0.3 is 0 Å². The molecule has 0 spiro atoms. The first-order chi connectivity index (χ1) is 9.88. The number of carbonyl (C=O) groups is 1. The molecule has 1 unspecified atom stereocenters. The van der Waals surface area contributed by atoms with Gasteiger partial charge in [-0.3, -0.25) is 4.79 Å². The number of methoxy groups -OCH3 is 1. The molecular weight excluding hydrogens is 268 g/mol. The molecule has 0 aliphatic rings. The van der Waals surface area contributed by atoms with Crippen LogP contribution in [0.5, 0.6) is 0 Å². The Balaban J connectivity index is 2.56. The minimum atomic E-state index is -0.177. The lowest BCUT2D eigenvalue weighted by atomic mass is 9.99. The SMILES string of the molecule is COC(C)(C)CC(C)Nc1ccc(C(=O)NCCO)cc1. The molecule has 0 heterocycles. The number of amides is 1. The van der Waals surface area contributed by atoms with Crippen molar-refractivity contribution in [2.75, 3.05) is 25.6 Å². The Hall–Kier alpha value is -1.59. The Bertz CT molecular complexity index is 443. The number of nitrogens with one attached hydrogen (secondary N) is 2. The van der Waals surface area contributed by atoms with E-state index in [9.17, 15) is 4.79 Å². The molecule has 5 heteroatoms. The second kappa shape index (κ2) is 8.00. The first kappa shape index (κ1) is 17.5. The number of carbonyl (C=O) groups excluding carboxylic acids is 1. The molecule has 1 rings (SSSR count). The van der Waals surface area contributed by atoms with E-state index >= 15 is 0 Å². The van der Waals surface area contributed by atoms with Gasteiger partial charge in [0, 0.05) is 30.9 Å². The van der Waals surface area contributed by atoms with Crippen LogP contribution in [0.1, 0.15) is 37.6 Å². The first-order valence-corrected chi connectivity index (χ1v) is 7.19. The lowest BCUT2D eigenvalue weighted by Gasteiger charge is -2.27. The van der Waals surface area contributed by atoms with Crippen molar-refractivity contribution < 1.29 is 14.6 Å². The highest BCUT2D eigenvalue weighted by atomic mass is 16.5. The summed E-state index contributed by atoms with van der Waals surface area (Å²) in [5.74, 6) is -0.177. The van der Waals surface area contributed by atoms with Gasteiger partial charge in [-0.15, -0.1) is 0 Å². The van der Waals surface area contributed by atoms with Crippen LogP contribution in [0.25, 0.3) is 0 Å². The van der Waals surface area contributed by atoms with Crippen LogP contribution >= 0.6 is 0 Å². The van der Waals surface area contributed by atoms with Crippen LogP contribution < -0.4 is 10.6 Å². The smallest absolute Gasteiger partial charge is 0.251 e. The number of aliphatic hydroxyl groups excluding tert-OH is 1. The number of anilines is 1. The van der Waals surface area contributed by atoms with E-state index in [1.165, 1.54) is 0 Å². The second-order valence-electron chi connectivity index (χ2n) is 5.77. The molecule has 0 saturated heterocycles. The maximum absolute atomic E-state index is 11.7. The van der Waals surface area contributed by atoms with Crippen LogP contribution in [0.3, 0.4) is 0 Å². The molecule has 0 aromatic heterocycles. The highest BCUT2D eigenvalue weighted by Gasteiger charge is 2.20. The summed E-state index contributed by atoms with van der Waals surface area (Å²) in [6.45, 7) is 6.42. The zero-order valence-corrected chi connectivity index (χ0v) is 13.3. The quantitative estimate of drug-likeness (QED) is 0.686. The van der Waals surface area contributed by atoms with Gasteiger partial charge < -0.3 is 20.5 Å². The fraction of sp³-hybridized carbons (Fsp3) is 0.562. The Morgan fingerprint density at radius 2 is 1.95 bits per heavy atom. The molecule has 5 nitrogen and oxygen atoms in total. The van der Waals surface area contributed by atoms with Gasteiger partial charge in [-0.1, -0.05) is 0 Å². The molecule has 0 bridgehead atoms. The van der Waals surface area contributed by atoms with Gasteiger partial charge in [0.05, 0.1) is 12.2 Å². The number of ether oxygens (including phenoxy) is 1. The van der Waals surface area contributed by atoms with Crippen molar-refractivity contribution in [1.82, 2.24) is 5.32 Å². The van der Waals surface area contributed by atoms with Crippen molar-refractivity contribution in [3.05, 3.63) is 29.8 Å². The Morgan fingerprint density at radius 1 is 1.33 bits per heavy atom. The van der Waals surface area contributed by atoms with Gasteiger partial charge in [-0.2, -0.15) is 0 Å². The largest absolute Gasteiger partial charge is 0.395 e. The Kier molecular flexibility index (Phi) is 6.65. The van der Waals surface area contributed by atoms with Crippen LogP contribution in [0.4, 0.5) is 5.69 Å². The molecule has 0 radical (unpaired) electrons. The summed E-state index contributed by atoms with van der Waals surface area (Å²) < 4.78 is 5.42. The predicted molar refractivity (Wildman–Crippen MR) is 84.7 cm³/mol. The number of hydrogen-bond acceptors (Lipinski definition) is 4. The third-order valence-electron chi connectivity index (χ3n) is 3.31. The summed E-state index contributed by atoms with van der Waals surface area (Å²) in [5, 5.41) is 14.7. The summed E-state index contributed by atoms with van der Waals surface area (Å²) in [5.41, 5.74) is 1.38. The third-order valence-corrected chi connectivity index (χ3v) is 3.31. The van der Waals surface area contributed by atoms with Crippen molar-refractivity contribution in [3.8, 4) is 0 Å². The van der Waals surface area contributed by atoms with E-state index in [1.807, 2.05) is 12.1 Å². The number of hydrogen-bond donors (Lipinski definition) is 3. The molecule has 0 aliphatic heterocycles. The first-order valence-electron chi connectivity index (χ1n) is 7.19. The summed E-state index contributed by atoms with van der Waals surface area (Å²) in [4.78, 5) is 11.7. The Morgan fingerprint density at radius 3 is 2.48 bits per heavy atom. The van der Waals surface area contributed by atoms with Crippen molar-refractivity contribution in [2.45, 2.75) is 38.8 Å². The van der Waals surface area contributed by atoms with E-state index in [2.05, 4.69) is 31.4 Å². The van der Waals surface area contributed by atoms with E-state index < -0.39 is 0 Å². The zero-order chi connectivity index (χ0) is 15.9. The molecule has 1 atom stereocenters. The summed E-state index contributed by atoms with van der Waals surface area (Å²) >= 11 is 0. The van der Waals surface area contributed by atoms with Crippen LogP contribution in [0.15, 0.2) is 24.3 Å². The van der Waals surface area contributed by atoms with Crippen LogP contribution in [0, 0.1) is 0 Å². The van der Waals surface area contributed by atoms with Crippen LogP contribution in [0.2, 0.25) is 0 Å². The van der Waals surface area contributed by atoms with E-state index in [-0.39, 0.29) is 30.7 Å². The monoisotopic (exact) mass is 294 g/mol. The zero-order valence-electron chi connectivity index (χ0n) is 13.3. The fourth-order valence-corrected chi connectivity index (χ4v) is 2.15.